The van der Waals surface area contributed by atoms with E-state index in [4.69, 9.17) is 22.3 Å². The number of aliphatic carboxylic acids is 1. The first-order valence-electron chi connectivity index (χ1n) is 10.2. The Morgan fingerprint density at radius 1 is 1.06 bits per heavy atom. The predicted molar refractivity (Wildman–Crippen MR) is 114 cm³/mol. The summed E-state index contributed by atoms with van der Waals surface area (Å²) in [5.41, 5.74) is 15.7. The second kappa shape index (κ2) is 13.1. The van der Waals surface area contributed by atoms with Crippen molar-refractivity contribution in [2.45, 2.75) is 63.2 Å². The Bertz CT molecular complexity index is 733. The number of carbonyl (C=O) groups excluding carboxylic acids is 4. The number of guanidine groups is 1. The second-order valence-corrected chi connectivity index (χ2v) is 7.46. The highest BCUT2D eigenvalue weighted by atomic mass is 16.4. The Hall–Kier alpha value is -3.42. The standard InChI is InChI=1S/C18H32N8O6/c1-9(17(31)32)24-16(30)12(8-13(19)27)26-15(29)11(5-3-7-23-18(20)21)25-14(28)10-4-2-6-22-10/h9-12,22H,2-8H2,1H3,(H2,19,27)(H,24,30)(H,25,28)(H,26,29)(H,31,32)(H4,20,21,23). The third-order valence-corrected chi connectivity index (χ3v) is 4.72. The monoisotopic (exact) mass is 456 g/mol. The van der Waals surface area contributed by atoms with Gasteiger partial charge in [0.15, 0.2) is 5.96 Å². The maximum atomic E-state index is 12.9. The minimum absolute atomic E-state index is 0.115. The van der Waals surface area contributed by atoms with Crippen LogP contribution in [-0.4, -0.2) is 77.9 Å². The quantitative estimate of drug-likeness (QED) is 0.0768. The number of carboxylic acids is 1. The van der Waals surface area contributed by atoms with Crippen molar-refractivity contribution >= 4 is 35.6 Å². The summed E-state index contributed by atoms with van der Waals surface area (Å²) in [6.07, 6.45) is 1.38. The SMILES string of the molecule is CC(NC(=O)C(CC(N)=O)NC(=O)C(CCCN=C(N)N)NC(=O)C1CCCN1)C(=O)O. The Morgan fingerprint density at radius 2 is 1.72 bits per heavy atom. The molecule has 0 aromatic heterocycles. The molecule has 1 rings (SSSR count). The van der Waals surface area contributed by atoms with Crippen molar-refractivity contribution in [2.24, 2.45) is 22.2 Å². The van der Waals surface area contributed by atoms with Gasteiger partial charge < -0.3 is 43.6 Å². The smallest absolute Gasteiger partial charge is 0.325 e. The molecule has 1 saturated heterocycles. The Morgan fingerprint density at radius 3 is 2.25 bits per heavy atom. The molecule has 1 aliphatic heterocycles. The third kappa shape index (κ3) is 9.59. The van der Waals surface area contributed by atoms with Gasteiger partial charge >= 0.3 is 5.97 Å². The molecular formula is C18H32N8O6. The van der Waals surface area contributed by atoms with Crippen molar-refractivity contribution in [3.63, 3.8) is 0 Å². The molecule has 1 fully saturated rings. The van der Waals surface area contributed by atoms with Gasteiger partial charge in [0.05, 0.1) is 12.5 Å². The summed E-state index contributed by atoms with van der Waals surface area (Å²) in [6.45, 7) is 2.12. The van der Waals surface area contributed by atoms with Gasteiger partial charge in [-0.05, 0) is 39.2 Å². The van der Waals surface area contributed by atoms with E-state index in [0.717, 1.165) is 6.42 Å². The van der Waals surface area contributed by atoms with E-state index in [2.05, 4.69) is 26.3 Å². The molecule has 32 heavy (non-hydrogen) atoms. The highest BCUT2D eigenvalue weighted by Crippen LogP contribution is 2.07. The van der Waals surface area contributed by atoms with Crippen molar-refractivity contribution < 1.29 is 29.1 Å². The second-order valence-electron chi connectivity index (χ2n) is 7.46. The highest BCUT2D eigenvalue weighted by Gasteiger charge is 2.31. The fourth-order valence-electron chi connectivity index (χ4n) is 3.01. The molecule has 0 aromatic rings. The van der Waals surface area contributed by atoms with Crippen LogP contribution in [0.5, 0.6) is 0 Å². The lowest BCUT2D eigenvalue weighted by atomic mass is 10.1. The Balaban J connectivity index is 2.89. The normalized spacial score (nSPS) is 18.0. The number of nitrogens with two attached hydrogens (primary N) is 3. The molecule has 180 valence electrons. The van der Waals surface area contributed by atoms with E-state index in [-0.39, 0.29) is 24.8 Å². The van der Waals surface area contributed by atoms with Crippen LogP contribution in [0.15, 0.2) is 4.99 Å². The van der Waals surface area contributed by atoms with Crippen LogP contribution in [-0.2, 0) is 24.0 Å². The van der Waals surface area contributed by atoms with Gasteiger partial charge in [-0.1, -0.05) is 0 Å². The fourth-order valence-corrected chi connectivity index (χ4v) is 3.01. The summed E-state index contributed by atoms with van der Waals surface area (Å²) in [7, 11) is 0. The lowest BCUT2D eigenvalue weighted by molar-refractivity contribution is -0.142. The van der Waals surface area contributed by atoms with Crippen molar-refractivity contribution in [1.82, 2.24) is 21.3 Å². The molecule has 1 aliphatic rings. The van der Waals surface area contributed by atoms with E-state index in [1.807, 2.05) is 0 Å². The van der Waals surface area contributed by atoms with Crippen molar-refractivity contribution in [3.05, 3.63) is 0 Å². The Kier molecular flexibility index (Phi) is 10.9. The molecule has 11 N–H and O–H groups in total. The van der Waals surface area contributed by atoms with Crippen LogP contribution < -0.4 is 38.5 Å². The first kappa shape index (κ1) is 26.6. The van der Waals surface area contributed by atoms with Crippen molar-refractivity contribution in [3.8, 4) is 0 Å². The van der Waals surface area contributed by atoms with Crippen LogP contribution in [0.25, 0.3) is 0 Å². The summed E-state index contributed by atoms with van der Waals surface area (Å²) >= 11 is 0. The van der Waals surface area contributed by atoms with E-state index >= 15 is 0 Å². The summed E-state index contributed by atoms with van der Waals surface area (Å²) in [5.74, 6) is -4.29. The molecule has 0 aromatic carbocycles. The molecule has 0 saturated carbocycles. The lowest BCUT2D eigenvalue weighted by Gasteiger charge is -2.24. The van der Waals surface area contributed by atoms with E-state index in [1.165, 1.54) is 6.92 Å². The number of hydrogen-bond acceptors (Lipinski definition) is 7. The first-order chi connectivity index (χ1) is 15.0. The van der Waals surface area contributed by atoms with Crippen LogP contribution in [0.3, 0.4) is 0 Å². The van der Waals surface area contributed by atoms with Crippen LogP contribution in [0.1, 0.15) is 39.0 Å². The summed E-state index contributed by atoms with van der Waals surface area (Å²) in [4.78, 5) is 63.9. The molecule has 4 amide bonds. The predicted octanol–water partition coefficient (Wildman–Crippen LogP) is -3.77. The number of rotatable bonds is 13. The molecule has 4 atom stereocenters. The lowest BCUT2D eigenvalue weighted by Crippen LogP contribution is -2.57. The van der Waals surface area contributed by atoms with E-state index in [0.29, 0.717) is 19.4 Å². The van der Waals surface area contributed by atoms with Gasteiger partial charge in [-0.25, -0.2) is 0 Å². The van der Waals surface area contributed by atoms with E-state index in [9.17, 15) is 24.0 Å². The highest BCUT2D eigenvalue weighted by molar-refractivity contribution is 5.96. The molecule has 0 bridgehead atoms. The zero-order chi connectivity index (χ0) is 24.3. The maximum Gasteiger partial charge on any atom is 0.325 e. The molecule has 14 nitrogen and oxygen atoms in total. The molecule has 14 heteroatoms. The zero-order valence-corrected chi connectivity index (χ0v) is 17.9. The van der Waals surface area contributed by atoms with Crippen LogP contribution in [0.4, 0.5) is 0 Å². The van der Waals surface area contributed by atoms with Crippen molar-refractivity contribution in [1.29, 1.82) is 0 Å². The molecule has 0 radical (unpaired) electrons. The van der Waals surface area contributed by atoms with Gasteiger partial charge in [-0.15, -0.1) is 0 Å². The van der Waals surface area contributed by atoms with Crippen molar-refractivity contribution in [2.75, 3.05) is 13.1 Å². The van der Waals surface area contributed by atoms with Gasteiger partial charge in [0.2, 0.25) is 23.6 Å². The van der Waals surface area contributed by atoms with Gasteiger partial charge in [0.25, 0.3) is 0 Å². The number of carboxylic acid groups (broad SMARTS) is 1. The summed E-state index contributed by atoms with van der Waals surface area (Å²) in [6, 6.07) is -4.15. The molecule has 4 unspecified atom stereocenters. The topological polar surface area (TPSA) is 244 Å². The largest absolute Gasteiger partial charge is 0.480 e. The van der Waals surface area contributed by atoms with Crippen LogP contribution >= 0.6 is 0 Å². The summed E-state index contributed by atoms with van der Waals surface area (Å²) in [5, 5.41) is 19.2. The van der Waals surface area contributed by atoms with Crippen LogP contribution in [0.2, 0.25) is 0 Å². The molecule has 0 spiro atoms. The molecule has 1 heterocycles. The average Bonchev–Trinajstić information content (AvgIpc) is 3.23. The minimum atomic E-state index is -1.41. The number of hydrogen-bond donors (Lipinski definition) is 8. The fraction of sp³-hybridized carbons (Fsp3) is 0.667. The number of amides is 4. The Labute approximate surface area is 185 Å². The average molecular weight is 457 g/mol. The molecular weight excluding hydrogens is 424 g/mol. The molecule has 0 aliphatic carbocycles. The van der Waals surface area contributed by atoms with Gasteiger partial charge in [-0.2, -0.15) is 0 Å². The van der Waals surface area contributed by atoms with Crippen LogP contribution in [0, 0.1) is 0 Å². The van der Waals surface area contributed by atoms with Gasteiger partial charge in [0.1, 0.15) is 18.1 Å². The van der Waals surface area contributed by atoms with E-state index < -0.39 is 54.3 Å². The first-order valence-corrected chi connectivity index (χ1v) is 10.2. The third-order valence-electron chi connectivity index (χ3n) is 4.72. The number of carbonyl (C=O) groups is 5. The minimum Gasteiger partial charge on any atom is -0.480 e. The van der Waals surface area contributed by atoms with Gasteiger partial charge in [0, 0.05) is 6.54 Å². The number of nitrogens with zero attached hydrogens (tertiary/aromatic N) is 1. The number of primary amides is 1. The number of aliphatic imine (C=N–C) groups is 1. The van der Waals surface area contributed by atoms with Gasteiger partial charge in [-0.3, -0.25) is 29.0 Å². The van der Waals surface area contributed by atoms with E-state index in [1.54, 1.807) is 0 Å². The number of nitrogens with one attached hydrogen (secondary N) is 4. The summed E-state index contributed by atoms with van der Waals surface area (Å²) < 4.78 is 0. The maximum absolute atomic E-state index is 12.9. The zero-order valence-electron chi connectivity index (χ0n) is 17.9.